The third kappa shape index (κ3) is 2.69. The number of nitrogens with zero attached hydrogens (tertiary/aromatic N) is 1. The van der Waals surface area contributed by atoms with Gasteiger partial charge in [-0.3, -0.25) is 4.79 Å². The van der Waals surface area contributed by atoms with Crippen LogP contribution in [-0.4, -0.2) is 35.1 Å². The molecular formula is C13H19NO2S. The van der Waals surface area contributed by atoms with Gasteiger partial charge in [-0.05, 0) is 49.6 Å². The van der Waals surface area contributed by atoms with Crippen molar-refractivity contribution in [1.29, 1.82) is 0 Å². The summed E-state index contributed by atoms with van der Waals surface area (Å²) < 4.78 is 0. The first-order valence-electron chi connectivity index (χ1n) is 6.09. The highest BCUT2D eigenvalue weighted by Crippen LogP contribution is 2.25. The van der Waals surface area contributed by atoms with Crippen LogP contribution in [0.25, 0.3) is 0 Å². The summed E-state index contributed by atoms with van der Waals surface area (Å²) in [7, 11) is 1.88. The van der Waals surface area contributed by atoms with Crippen LogP contribution in [0.1, 0.15) is 40.9 Å². The van der Waals surface area contributed by atoms with E-state index in [1.165, 1.54) is 11.3 Å². The summed E-state index contributed by atoms with van der Waals surface area (Å²) in [5.74, 6) is 0.124. The first-order valence-corrected chi connectivity index (χ1v) is 6.97. The monoisotopic (exact) mass is 253 g/mol. The summed E-state index contributed by atoms with van der Waals surface area (Å²) >= 11 is 1.51. The molecule has 0 aliphatic heterocycles. The molecule has 1 saturated carbocycles. The topological polar surface area (TPSA) is 40.5 Å². The lowest BCUT2D eigenvalue weighted by molar-refractivity contribution is 0.0573. The van der Waals surface area contributed by atoms with Crippen LogP contribution < -0.4 is 0 Å². The van der Waals surface area contributed by atoms with E-state index in [9.17, 15) is 9.90 Å². The second-order valence-corrected chi connectivity index (χ2v) is 5.73. The molecule has 1 aliphatic rings. The van der Waals surface area contributed by atoms with E-state index >= 15 is 0 Å². The molecule has 4 heteroatoms. The quantitative estimate of drug-likeness (QED) is 0.879. The van der Waals surface area contributed by atoms with Gasteiger partial charge in [0.25, 0.3) is 5.91 Å². The van der Waals surface area contributed by atoms with Crippen molar-refractivity contribution in [2.75, 3.05) is 7.05 Å². The third-order valence-electron chi connectivity index (χ3n) is 3.59. The number of rotatable bonds is 2. The molecule has 1 fully saturated rings. The van der Waals surface area contributed by atoms with Crippen molar-refractivity contribution in [2.24, 2.45) is 0 Å². The van der Waals surface area contributed by atoms with Gasteiger partial charge in [-0.25, -0.2) is 0 Å². The Hall–Kier alpha value is -0.870. The van der Waals surface area contributed by atoms with Gasteiger partial charge in [0.1, 0.15) is 0 Å². The summed E-state index contributed by atoms with van der Waals surface area (Å²) in [5.41, 5.74) is 1.06. The molecule has 0 bridgehead atoms. The van der Waals surface area contributed by atoms with Gasteiger partial charge in [0, 0.05) is 13.1 Å². The van der Waals surface area contributed by atoms with Gasteiger partial charge in [-0.15, -0.1) is 11.3 Å². The van der Waals surface area contributed by atoms with E-state index < -0.39 is 0 Å². The van der Waals surface area contributed by atoms with Crippen LogP contribution in [0.3, 0.4) is 0 Å². The van der Waals surface area contributed by atoms with E-state index in [0.29, 0.717) is 0 Å². The number of aryl methyl sites for hydroxylation is 1. The molecule has 0 radical (unpaired) electrons. The molecule has 1 aliphatic carbocycles. The van der Waals surface area contributed by atoms with E-state index in [2.05, 4.69) is 0 Å². The Bertz CT molecular complexity index is 394. The van der Waals surface area contributed by atoms with Crippen LogP contribution in [0, 0.1) is 6.92 Å². The predicted molar refractivity (Wildman–Crippen MR) is 69.4 cm³/mol. The fourth-order valence-corrected chi connectivity index (χ4v) is 3.27. The maximum atomic E-state index is 12.3. The molecule has 17 heavy (non-hydrogen) atoms. The zero-order valence-corrected chi connectivity index (χ0v) is 11.2. The average molecular weight is 253 g/mol. The van der Waals surface area contributed by atoms with E-state index in [1.54, 1.807) is 0 Å². The molecule has 2 rings (SSSR count). The lowest BCUT2D eigenvalue weighted by atomic mass is 9.92. The molecule has 1 aromatic heterocycles. The molecule has 1 aromatic rings. The Morgan fingerprint density at radius 3 is 2.59 bits per heavy atom. The molecule has 94 valence electrons. The fourth-order valence-electron chi connectivity index (χ4n) is 2.36. The van der Waals surface area contributed by atoms with E-state index in [0.717, 1.165) is 36.1 Å². The van der Waals surface area contributed by atoms with Crippen molar-refractivity contribution < 1.29 is 9.90 Å². The SMILES string of the molecule is Cc1ccsc1C(=O)N(C)C1CCC(O)CC1. The standard InChI is InChI=1S/C13H19NO2S/c1-9-7-8-17-12(9)13(16)14(2)10-3-5-11(15)6-4-10/h7-8,10-11,15H,3-6H2,1-2H3. The minimum absolute atomic E-state index is 0.124. The highest BCUT2D eigenvalue weighted by atomic mass is 32.1. The number of carbonyl (C=O) groups excluding carboxylic acids is 1. The highest BCUT2D eigenvalue weighted by Gasteiger charge is 2.27. The predicted octanol–water partition coefficient (Wildman–Crippen LogP) is 2.43. The van der Waals surface area contributed by atoms with Gasteiger partial charge in [0.05, 0.1) is 11.0 Å². The summed E-state index contributed by atoms with van der Waals surface area (Å²) in [6.07, 6.45) is 3.28. The number of amides is 1. The summed E-state index contributed by atoms with van der Waals surface area (Å²) in [4.78, 5) is 15.0. The van der Waals surface area contributed by atoms with Crippen LogP contribution in [0.4, 0.5) is 0 Å². The second-order valence-electron chi connectivity index (χ2n) is 4.81. The second kappa shape index (κ2) is 5.19. The number of thiophene rings is 1. The molecule has 3 nitrogen and oxygen atoms in total. The Morgan fingerprint density at radius 2 is 2.06 bits per heavy atom. The van der Waals surface area contributed by atoms with Gasteiger partial charge < -0.3 is 10.0 Å². The Labute approximate surface area is 106 Å². The molecular weight excluding hydrogens is 234 g/mol. The number of carbonyl (C=O) groups is 1. The third-order valence-corrected chi connectivity index (χ3v) is 4.60. The van der Waals surface area contributed by atoms with Crippen LogP contribution in [-0.2, 0) is 0 Å². The van der Waals surface area contributed by atoms with Gasteiger partial charge >= 0.3 is 0 Å². The number of hydrogen-bond donors (Lipinski definition) is 1. The molecule has 1 heterocycles. The van der Waals surface area contributed by atoms with Gasteiger partial charge in [0.15, 0.2) is 0 Å². The molecule has 1 amide bonds. The number of hydrogen-bond acceptors (Lipinski definition) is 3. The number of aliphatic hydroxyl groups is 1. The molecule has 0 atom stereocenters. The smallest absolute Gasteiger partial charge is 0.264 e. The summed E-state index contributed by atoms with van der Waals surface area (Å²) in [6, 6.07) is 2.27. The first kappa shape index (κ1) is 12.6. The Morgan fingerprint density at radius 1 is 1.41 bits per heavy atom. The number of aliphatic hydroxyl groups excluding tert-OH is 1. The largest absolute Gasteiger partial charge is 0.393 e. The zero-order chi connectivity index (χ0) is 12.4. The van der Waals surface area contributed by atoms with Crippen LogP contribution in [0.2, 0.25) is 0 Å². The summed E-state index contributed by atoms with van der Waals surface area (Å²) in [5, 5.41) is 11.4. The van der Waals surface area contributed by atoms with Crippen molar-refractivity contribution in [1.82, 2.24) is 4.90 Å². The van der Waals surface area contributed by atoms with Crippen molar-refractivity contribution in [3.63, 3.8) is 0 Å². The zero-order valence-electron chi connectivity index (χ0n) is 10.3. The lowest BCUT2D eigenvalue weighted by Gasteiger charge is -2.33. The maximum absolute atomic E-state index is 12.3. The lowest BCUT2D eigenvalue weighted by Crippen LogP contribution is -2.40. The molecule has 0 unspecified atom stereocenters. The van der Waals surface area contributed by atoms with Gasteiger partial charge in [-0.1, -0.05) is 0 Å². The maximum Gasteiger partial charge on any atom is 0.264 e. The van der Waals surface area contributed by atoms with Crippen LogP contribution in [0.15, 0.2) is 11.4 Å². The van der Waals surface area contributed by atoms with E-state index in [4.69, 9.17) is 0 Å². The highest BCUT2D eigenvalue weighted by molar-refractivity contribution is 7.12. The molecule has 0 aromatic carbocycles. The summed E-state index contributed by atoms with van der Waals surface area (Å²) in [6.45, 7) is 1.97. The fraction of sp³-hybridized carbons (Fsp3) is 0.615. The first-order chi connectivity index (χ1) is 8.09. The minimum atomic E-state index is -0.168. The van der Waals surface area contributed by atoms with E-state index in [1.807, 2.05) is 30.3 Å². The molecule has 1 N–H and O–H groups in total. The Balaban J connectivity index is 2.03. The minimum Gasteiger partial charge on any atom is -0.393 e. The van der Waals surface area contributed by atoms with Crippen molar-refractivity contribution in [3.05, 3.63) is 21.9 Å². The van der Waals surface area contributed by atoms with Crippen molar-refractivity contribution in [2.45, 2.75) is 44.8 Å². The van der Waals surface area contributed by atoms with E-state index in [-0.39, 0.29) is 18.1 Å². The van der Waals surface area contributed by atoms with Crippen molar-refractivity contribution in [3.8, 4) is 0 Å². The normalized spacial score (nSPS) is 24.6. The van der Waals surface area contributed by atoms with Gasteiger partial charge in [-0.2, -0.15) is 0 Å². The van der Waals surface area contributed by atoms with Gasteiger partial charge in [0.2, 0.25) is 0 Å². The molecule has 0 spiro atoms. The van der Waals surface area contributed by atoms with Crippen LogP contribution in [0.5, 0.6) is 0 Å². The van der Waals surface area contributed by atoms with Crippen molar-refractivity contribution >= 4 is 17.2 Å². The molecule has 0 saturated heterocycles. The van der Waals surface area contributed by atoms with Crippen LogP contribution >= 0.6 is 11.3 Å². The average Bonchev–Trinajstić information content (AvgIpc) is 2.74. The Kier molecular flexibility index (Phi) is 3.84.